The van der Waals surface area contributed by atoms with Crippen molar-refractivity contribution >= 4 is 40.7 Å². The molecule has 2 amide bonds. The maximum Gasteiger partial charge on any atom is 0.252 e. The average Bonchev–Trinajstić information content (AvgIpc) is 2.51. The highest BCUT2D eigenvalue weighted by Gasteiger charge is 2.13. The Labute approximate surface area is 145 Å². The third-order valence-corrected chi connectivity index (χ3v) is 3.80. The van der Waals surface area contributed by atoms with Crippen LogP contribution in [0.15, 0.2) is 48.5 Å². The van der Waals surface area contributed by atoms with E-state index in [2.05, 4.69) is 5.32 Å². The van der Waals surface area contributed by atoms with Gasteiger partial charge in [0.2, 0.25) is 5.91 Å². The second kappa shape index (κ2) is 7.99. The molecule has 2 rings (SSSR count). The lowest BCUT2D eigenvalue weighted by Crippen LogP contribution is -2.37. The predicted molar refractivity (Wildman–Crippen MR) is 93.3 cm³/mol. The molecular weight excluding hydrogens is 335 g/mol. The van der Waals surface area contributed by atoms with Crippen LogP contribution in [0, 0.1) is 0 Å². The molecule has 0 fully saturated rings. The number of halogens is 2. The monoisotopic (exact) mass is 350 g/mol. The first-order valence-corrected chi connectivity index (χ1v) is 7.81. The maximum absolute atomic E-state index is 12.1. The van der Waals surface area contributed by atoms with Gasteiger partial charge in [-0.3, -0.25) is 9.59 Å². The summed E-state index contributed by atoms with van der Waals surface area (Å²) in [7, 11) is 0. The summed E-state index contributed by atoms with van der Waals surface area (Å²) >= 11 is 11.9. The van der Waals surface area contributed by atoms with E-state index in [0.29, 0.717) is 34.4 Å². The first kappa shape index (κ1) is 17.3. The van der Waals surface area contributed by atoms with E-state index in [1.54, 1.807) is 53.4 Å². The first-order chi connectivity index (χ1) is 11.0. The Bertz CT molecular complexity index is 719. The fourth-order valence-electron chi connectivity index (χ4n) is 2.13. The Morgan fingerprint density at radius 3 is 2.48 bits per heavy atom. The Morgan fingerprint density at radius 2 is 1.83 bits per heavy atom. The van der Waals surface area contributed by atoms with Crippen molar-refractivity contribution in [2.45, 2.75) is 6.92 Å². The van der Waals surface area contributed by atoms with Gasteiger partial charge in [-0.05, 0) is 30.3 Å². The van der Waals surface area contributed by atoms with Crippen LogP contribution in [-0.2, 0) is 4.79 Å². The van der Waals surface area contributed by atoms with Gasteiger partial charge in [-0.2, -0.15) is 0 Å². The van der Waals surface area contributed by atoms with E-state index in [4.69, 9.17) is 23.2 Å². The van der Waals surface area contributed by atoms with E-state index < -0.39 is 0 Å². The van der Waals surface area contributed by atoms with Crippen LogP contribution in [0.1, 0.15) is 17.3 Å². The lowest BCUT2D eigenvalue weighted by atomic mass is 10.2. The minimum absolute atomic E-state index is 0.126. The smallest absolute Gasteiger partial charge is 0.252 e. The van der Waals surface area contributed by atoms with Crippen LogP contribution in [0.4, 0.5) is 5.69 Å². The second-order valence-corrected chi connectivity index (χ2v) is 5.73. The van der Waals surface area contributed by atoms with Gasteiger partial charge < -0.3 is 10.2 Å². The van der Waals surface area contributed by atoms with Crippen molar-refractivity contribution in [2.24, 2.45) is 0 Å². The van der Waals surface area contributed by atoms with E-state index in [9.17, 15) is 9.59 Å². The van der Waals surface area contributed by atoms with Gasteiger partial charge in [0.15, 0.2) is 0 Å². The van der Waals surface area contributed by atoms with Crippen LogP contribution in [-0.4, -0.2) is 24.9 Å². The zero-order valence-electron chi connectivity index (χ0n) is 12.6. The summed E-state index contributed by atoms with van der Waals surface area (Å²) < 4.78 is 0. The number of carbonyl (C=O) groups is 2. The predicted octanol–water partition coefficient (Wildman–Crippen LogP) is 3.78. The summed E-state index contributed by atoms with van der Waals surface area (Å²) in [4.78, 5) is 25.4. The normalized spacial score (nSPS) is 10.2. The summed E-state index contributed by atoms with van der Waals surface area (Å²) in [5, 5.41) is 3.70. The van der Waals surface area contributed by atoms with E-state index in [0.717, 1.165) is 0 Å². The second-order valence-electron chi connectivity index (χ2n) is 4.89. The summed E-state index contributed by atoms with van der Waals surface area (Å²) in [6.07, 6.45) is 0. The van der Waals surface area contributed by atoms with Crippen LogP contribution in [0.2, 0.25) is 10.0 Å². The zero-order chi connectivity index (χ0) is 16.8. The minimum atomic E-state index is -0.273. The zero-order valence-corrected chi connectivity index (χ0v) is 14.1. The Kier molecular flexibility index (Phi) is 6.02. The van der Waals surface area contributed by atoms with Crippen molar-refractivity contribution in [3.8, 4) is 0 Å². The highest BCUT2D eigenvalue weighted by molar-refractivity contribution is 6.33. The van der Waals surface area contributed by atoms with E-state index >= 15 is 0 Å². The average molecular weight is 351 g/mol. The van der Waals surface area contributed by atoms with Crippen molar-refractivity contribution in [3.63, 3.8) is 0 Å². The SMILES string of the molecule is CC(=O)N(CCNC(=O)c1ccccc1Cl)c1cccc(Cl)c1. The molecule has 0 unspecified atom stereocenters. The first-order valence-electron chi connectivity index (χ1n) is 7.05. The Hall–Kier alpha value is -2.04. The van der Waals surface area contributed by atoms with Crippen molar-refractivity contribution in [1.29, 1.82) is 0 Å². The van der Waals surface area contributed by atoms with Crippen molar-refractivity contribution in [1.82, 2.24) is 5.32 Å². The number of rotatable bonds is 5. The van der Waals surface area contributed by atoms with Gasteiger partial charge in [-0.1, -0.05) is 41.4 Å². The molecule has 4 nitrogen and oxygen atoms in total. The van der Waals surface area contributed by atoms with Crippen LogP contribution >= 0.6 is 23.2 Å². The molecule has 6 heteroatoms. The molecule has 120 valence electrons. The molecule has 0 radical (unpaired) electrons. The summed E-state index contributed by atoms with van der Waals surface area (Å²) in [5.41, 5.74) is 1.10. The van der Waals surface area contributed by atoms with Crippen LogP contribution in [0.3, 0.4) is 0 Å². The summed E-state index contributed by atoms with van der Waals surface area (Å²) in [5.74, 6) is -0.399. The van der Waals surface area contributed by atoms with Crippen molar-refractivity contribution in [2.75, 3.05) is 18.0 Å². The third-order valence-electron chi connectivity index (χ3n) is 3.24. The van der Waals surface area contributed by atoms with Gasteiger partial charge in [-0.15, -0.1) is 0 Å². The molecule has 0 spiro atoms. The van der Waals surface area contributed by atoms with Gasteiger partial charge in [0.05, 0.1) is 10.6 Å². The van der Waals surface area contributed by atoms with Crippen LogP contribution in [0.25, 0.3) is 0 Å². The van der Waals surface area contributed by atoms with Gasteiger partial charge in [0.1, 0.15) is 0 Å². The molecule has 2 aromatic carbocycles. The van der Waals surface area contributed by atoms with Gasteiger partial charge in [0, 0.05) is 30.7 Å². The fraction of sp³-hybridized carbons (Fsp3) is 0.176. The number of nitrogens with one attached hydrogen (secondary N) is 1. The number of benzene rings is 2. The molecule has 0 heterocycles. The van der Waals surface area contributed by atoms with Crippen LogP contribution in [0.5, 0.6) is 0 Å². The van der Waals surface area contributed by atoms with Gasteiger partial charge in [0.25, 0.3) is 5.91 Å². The van der Waals surface area contributed by atoms with Gasteiger partial charge in [-0.25, -0.2) is 0 Å². The lowest BCUT2D eigenvalue weighted by molar-refractivity contribution is -0.116. The highest BCUT2D eigenvalue weighted by atomic mass is 35.5. The van der Waals surface area contributed by atoms with E-state index in [1.165, 1.54) is 6.92 Å². The molecule has 1 N–H and O–H groups in total. The lowest BCUT2D eigenvalue weighted by Gasteiger charge is -2.21. The molecule has 0 aliphatic heterocycles. The molecule has 0 aliphatic rings. The molecule has 23 heavy (non-hydrogen) atoms. The number of hydrogen-bond donors (Lipinski definition) is 1. The number of carbonyl (C=O) groups excluding carboxylic acids is 2. The number of hydrogen-bond acceptors (Lipinski definition) is 2. The summed E-state index contributed by atoms with van der Waals surface area (Å²) in [6, 6.07) is 13.8. The Balaban J connectivity index is 1.99. The van der Waals surface area contributed by atoms with E-state index in [-0.39, 0.29) is 11.8 Å². The number of nitrogens with zero attached hydrogens (tertiary/aromatic N) is 1. The molecular formula is C17H16Cl2N2O2. The third kappa shape index (κ3) is 4.71. The highest BCUT2D eigenvalue weighted by Crippen LogP contribution is 2.19. The minimum Gasteiger partial charge on any atom is -0.350 e. The standard InChI is InChI=1S/C17H16Cl2N2O2/c1-12(22)21(14-6-4-5-13(18)11-14)10-9-20-17(23)15-7-2-3-8-16(15)19/h2-8,11H,9-10H2,1H3,(H,20,23). The maximum atomic E-state index is 12.1. The molecule has 0 aliphatic carbocycles. The van der Waals surface area contributed by atoms with E-state index in [1.807, 2.05) is 0 Å². The topological polar surface area (TPSA) is 49.4 Å². The quantitative estimate of drug-likeness (QED) is 0.891. The van der Waals surface area contributed by atoms with Crippen molar-refractivity contribution < 1.29 is 9.59 Å². The molecule has 0 saturated carbocycles. The fourth-order valence-corrected chi connectivity index (χ4v) is 2.54. The molecule has 0 aromatic heterocycles. The molecule has 0 saturated heterocycles. The van der Waals surface area contributed by atoms with Gasteiger partial charge >= 0.3 is 0 Å². The largest absolute Gasteiger partial charge is 0.350 e. The molecule has 2 aromatic rings. The Morgan fingerprint density at radius 1 is 1.09 bits per heavy atom. The van der Waals surface area contributed by atoms with Crippen molar-refractivity contribution in [3.05, 3.63) is 64.1 Å². The number of amides is 2. The van der Waals surface area contributed by atoms with Crippen LogP contribution < -0.4 is 10.2 Å². The summed E-state index contributed by atoms with van der Waals surface area (Å²) in [6.45, 7) is 2.11. The molecule has 0 bridgehead atoms. The number of anilines is 1. The molecule has 0 atom stereocenters.